The molecule has 0 aromatic rings. The van der Waals surface area contributed by atoms with E-state index in [-0.39, 0.29) is 5.54 Å². The van der Waals surface area contributed by atoms with E-state index >= 15 is 0 Å². The predicted octanol–water partition coefficient (Wildman–Crippen LogP) is 0.496. The van der Waals surface area contributed by atoms with Gasteiger partial charge in [-0.15, -0.1) is 0 Å². The summed E-state index contributed by atoms with van der Waals surface area (Å²) in [5, 5.41) is 0. The normalized spacial score (nSPS) is 29.2. The third-order valence-corrected chi connectivity index (χ3v) is 2.82. The van der Waals surface area contributed by atoms with Crippen LogP contribution in [0.1, 0.15) is 13.8 Å². The molecule has 0 amide bonds. The molecule has 0 N–H and O–H groups in total. The first-order valence-electron chi connectivity index (χ1n) is 4.67. The first-order chi connectivity index (χ1) is 5.75. The summed E-state index contributed by atoms with van der Waals surface area (Å²) in [5.74, 6) is 0. The fourth-order valence-corrected chi connectivity index (χ4v) is 2.14. The lowest BCUT2D eigenvalue weighted by Crippen LogP contribution is -2.69. The third kappa shape index (κ3) is 1.16. The summed E-state index contributed by atoms with van der Waals surface area (Å²) >= 11 is 0. The molecular weight excluding hydrogens is 154 g/mol. The molecule has 2 aliphatic rings. The van der Waals surface area contributed by atoms with E-state index in [0.717, 1.165) is 33.0 Å². The van der Waals surface area contributed by atoms with Gasteiger partial charge in [-0.05, 0) is 13.8 Å². The lowest BCUT2D eigenvalue weighted by molar-refractivity contribution is -0.205. The molecular formula is C9H17NO2. The van der Waals surface area contributed by atoms with Crippen molar-refractivity contribution in [1.29, 1.82) is 0 Å². The van der Waals surface area contributed by atoms with Crippen LogP contribution in [0.2, 0.25) is 0 Å². The first-order valence-corrected chi connectivity index (χ1v) is 4.67. The second kappa shape index (κ2) is 2.98. The van der Waals surface area contributed by atoms with Crippen molar-refractivity contribution in [2.75, 3.05) is 33.0 Å². The molecule has 0 bridgehead atoms. The van der Waals surface area contributed by atoms with Crippen molar-refractivity contribution in [3.05, 3.63) is 0 Å². The molecule has 0 unspecified atom stereocenters. The van der Waals surface area contributed by atoms with Crippen LogP contribution < -0.4 is 0 Å². The molecule has 2 aliphatic heterocycles. The molecule has 0 radical (unpaired) electrons. The Kier molecular flexibility index (Phi) is 2.10. The van der Waals surface area contributed by atoms with E-state index in [1.165, 1.54) is 0 Å². The highest BCUT2D eigenvalue weighted by molar-refractivity contribution is 4.99. The summed E-state index contributed by atoms with van der Waals surface area (Å²) in [7, 11) is 0. The Bertz CT molecular complexity index is 166. The van der Waals surface area contributed by atoms with Crippen LogP contribution in [0.4, 0.5) is 0 Å². The number of nitrogens with zero attached hydrogens (tertiary/aromatic N) is 1. The molecule has 2 saturated heterocycles. The number of rotatable bonds is 1. The summed E-state index contributed by atoms with van der Waals surface area (Å²) in [6.45, 7) is 8.97. The van der Waals surface area contributed by atoms with Crippen molar-refractivity contribution in [3.63, 3.8) is 0 Å². The maximum atomic E-state index is 5.49. The summed E-state index contributed by atoms with van der Waals surface area (Å²) in [5.41, 5.74) is 0.229. The Morgan fingerprint density at radius 3 is 2.25 bits per heavy atom. The van der Waals surface area contributed by atoms with E-state index < -0.39 is 0 Å². The average molecular weight is 171 g/mol. The van der Waals surface area contributed by atoms with Crippen molar-refractivity contribution >= 4 is 0 Å². The zero-order chi connectivity index (χ0) is 8.60. The minimum atomic E-state index is 0.229. The van der Waals surface area contributed by atoms with Crippen molar-refractivity contribution in [2.24, 2.45) is 0 Å². The third-order valence-electron chi connectivity index (χ3n) is 2.82. The van der Waals surface area contributed by atoms with Gasteiger partial charge in [0.25, 0.3) is 0 Å². The Morgan fingerprint density at radius 2 is 1.83 bits per heavy atom. The van der Waals surface area contributed by atoms with E-state index in [0.29, 0.717) is 6.04 Å². The largest absolute Gasteiger partial charge is 0.378 e. The minimum Gasteiger partial charge on any atom is -0.378 e. The van der Waals surface area contributed by atoms with Gasteiger partial charge in [0.2, 0.25) is 0 Å². The topological polar surface area (TPSA) is 21.7 Å². The lowest BCUT2D eigenvalue weighted by Gasteiger charge is -2.53. The fraction of sp³-hybridized carbons (Fsp3) is 1.00. The molecule has 0 aromatic heterocycles. The van der Waals surface area contributed by atoms with Gasteiger partial charge in [0.15, 0.2) is 0 Å². The summed E-state index contributed by atoms with van der Waals surface area (Å²) in [4.78, 5) is 2.51. The van der Waals surface area contributed by atoms with Crippen LogP contribution in [0.15, 0.2) is 0 Å². The minimum absolute atomic E-state index is 0.229. The standard InChI is InChI=1S/C9H17NO2/c1-8(2)10-3-4-11-5-9(10)6-12-7-9/h8H,3-7H2,1-2H3. The van der Waals surface area contributed by atoms with Gasteiger partial charge < -0.3 is 9.47 Å². The molecule has 0 aromatic carbocycles. The van der Waals surface area contributed by atoms with Gasteiger partial charge in [0.1, 0.15) is 0 Å². The second-order valence-corrected chi connectivity index (χ2v) is 4.06. The van der Waals surface area contributed by atoms with Gasteiger partial charge in [-0.3, -0.25) is 4.90 Å². The van der Waals surface area contributed by atoms with Gasteiger partial charge in [-0.2, -0.15) is 0 Å². The van der Waals surface area contributed by atoms with Crippen molar-refractivity contribution < 1.29 is 9.47 Å². The molecule has 70 valence electrons. The van der Waals surface area contributed by atoms with Crippen LogP contribution in [-0.4, -0.2) is 49.5 Å². The van der Waals surface area contributed by atoms with E-state index in [9.17, 15) is 0 Å². The van der Waals surface area contributed by atoms with Crippen LogP contribution in [0.3, 0.4) is 0 Å². The quantitative estimate of drug-likeness (QED) is 0.573. The van der Waals surface area contributed by atoms with Crippen LogP contribution in [-0.2, 0) is 9.47 Å². The lowest BCUT2D eigenvalue weighted by atomic mass is 9.93. The number of morpholine rings is 1. The van der Waals surface area contributed by atoms with Crippen LogP contribution in [0.5, 0.6) is 0 Å². The van der Waals surface area contributed by atoms with Gasteiger partial charge in [-0.1, -0.05) is 0 Å². The Labute approximate surface area is 73.6 Å². The zero-order valence-corrected chi connectivity index (χ0v) is 7.88. The van der Waals surface area contributed by atoms with Crippen LogP contribution in [0, 0.1) is 0 Å². The fourth-order valence-electron chi connectivity index (χ4n) is 2.14. The molecule has 2 fully saturated rings. The molecule has 12 heavy (non-hydrogen) atoms. The van der Waals surface area contributed by atoms with Gasteiger partial charge in [-0.25, -0.2) is 0 Å². The maximum Gasteiger partial charge on any atom is 0.0917 e. The molecule has 3 nitrogen and oxygen atoms in total. The molecule has 2 rings (SSSR count). The monoisotopic (exact) mass is 171 g/mol. The summed E-state index contributed by atoms with van der Waals surface area (Å²) < 4.78 is 10.8. The smallest absolute Gasteiger partial charge is 0.0917 e. The van der Waals surface area contributed by atoms with Gasteiger partial charge in [0.05, 0.1) is 32.0 Å². The van der Waals surface area contributed by atoms with Gasteiger partial charge in [0, 0.05) is 12.6 Å². The SMILES string of the molecule is CC(C)N1CCOCC12COC2. The maximum absolute atomic E-state index is 5.49. The Hall–Kier alpha value is -0.120. The molecule has 0 saturated carbocycles. The summed E-state index contributed by atoms with van der Waals surface area (Å²) in [6.07, 6.45) is 0. The first kappa shape index (κ1) is 8.48. The Balaban J connectivity index is 2.06. The predicted molar refractivity (Wildman–Crippen MR) is 46.2 cm³/mol. The second-order valence-electron chi connectivity index (χ2n) is 4.06. The van der Waals surface area contributed by atoms with Crippen molar-refractivity contribution in [2.45, 2.75) is 25.4 Å². The molecule has 2 heterocycles. The summed E-state index contributed by atoms with van der Waals surface area (Å²) in [6, 6.07) is 0.609. The molecule has 3 heteroatoms. The number of hydrogen-bond donors (Lipinski definition) is 0. The van der Waals surface area contributed by atoms with Crippen LogP contribution in [0.25, 0.3) is 0 Å². The van der Waals surface area contributed by atoms with E-state index in [1.807, 2.05) is 0 Å². The highest BCUT2D eigenvalue weighted by Crippen LogP contribution is 2.29. The van der Waals surface area contributed by atoms with Crippen molar-refractivity contribution in [1.82, 2.24) is 4.90 Å². The number of hydrogen-bond acceptors (Lipinski definition) is 3. The molecule has 0 atom stereocenters. The van der Waals surface area contributed by atoms with Crippen LogP contribution >= 0.6 is 0 Å². The number of ether oxygens (including phenoxy) is 2. The Morgan fingerprint density at radius 1 is 1.17 bits per heavy atom. The highest BCUT2D eigenvalue weighted by Gasteiger charge is 2.47. The highest BCUT2D eigenvalue weighted by atomic mass is 16.5. The average Bonchev–Trinajstić information content (AvgIpc) is 2.01. The van der Waals surface area contributed by atoms with E-state index in [2.05, 4.69) is 18.7 Å². The zero-order valence-electron chi connectivity index (χ0n) is 7.88. The van der Waals surface area contributed by atoms with Crippen molar-refractivity contribution in [3.8, 4) is 0 Å². The van der Waals surface area contributed by atoms with E-state index in [1.54, 1.807) is 0 Å². The van der Waals surface area contributed by atoms with E-state index in [4.69, 9.17) is 9.47 Å². The molecule has 1 spiro atoms. The molecule has 0 aliphatic carbocycles. The van der Waals surface area contributed by atoms with Gasteiger partial charge >= 0.3 is 0 Å².